The summed E-state index contributed by atoms with van der Waals surface area (Å²) >= 11 is 1.07. The molecule has 6 nitrogen and oxygen atoms in total. The van der Waals surface area contributed by atoms with Crippen molar-refractivity contribution in [1.82, 2.24) is 9.80 Å². The van der Waals surface area contributed by atoms with Gasteiger partial charge in [-0.3, -0.25) is 9.69 Å². The number of thioether (sulfide) groups is 1. The minimum absolute atomic E-state index is 0.116. The molecule has 0 saturated carbocycles. The summed E-state index contributed by atoms with van der Waals surface area (Å²) in [6.07, 6.45) is 1.66. The monoisotopic (exact) mass is 353 g/mol. The van der Waals surface area contributed by atoms with Crippen LogP contribution in [0.4, 0.5) is 0 Å². The van der Waals surface area contributed by atoms with Gasteiger partial charge < -0.3 is 4.90 Å². The van der Waals surface area contributed by atoms with Crippen molar-refractivity contribution in [2.45, 2.75) is 18.7 Å². The highest BCUT2D eigenvalue weighted by atomic mass is 32.2. The molecule has 1 aliphatic heterocycles. The summed E-state index contributed by atoms with van der Waals surface area (Å²) in [5.74, 6) is -0.232. The molecule has 1 aromatic carbocycles. The van der Waals surface area contributed by atoms with Gasteiger partial charge in [-0.15, -0.1) is 4.40 Å². The zero-order valence-corrected chi connectivity index (χ0v) is 15.1. The summed E-state index contributed by atoms with van der Waals surface area (Å²) in [6.45, 7) is 4.02. The van der Waals surface area contributed by atoms with Gasteiger partial charge in [-0.1, -0.05) is 17.7 Å². The van der Waals surface area contributed by atoms with Gasteiger partial charge in [-0.05, 0) is 37.7 Å². The third-order valence-corrected chi connectivity index (χ3v) is 5.49. The number of carbonyl (C=O) groups is 1. The summed E-state index contributed by atoms with van der Waals surface area (Å²) in [4.78, 5) is 16.0. The van der Waals surface area contributed by atoms with Crippen LogP contribution in [0.5, 0.6) is 0 Å². The molecule has 1 amide bonds. The van der Waals surface area contributed by atoms with Crippen LogP contribution in [0.25, 0.3) is 0 Å². The number of hydrogen-bond acceptors (Lipinski definition) is 5. The van der Waals surface area contributed by atoms with Crippen LogP contribution in [-0.4, -0.2) is 49.9 Å². The van der Waals surface area contributed by atoms with E-state index in [1.807, 2.05) is 6.92 Å². The lowest BCUT2D eigenvalue weighted by molar-refractivity contribution is -0.122. The summed E-state index contributed by atoms with van der Waals surface area (Å²) in [5.41, 5.74) is 0.966. The number of nitrogens with zero attached hydrogens (tertiary/aromatic N) is 3. The highest BCUT2D eigenvalue weighted by Gasteiger charge is 2.34. The van der Waals surface area contributed by atoms with Crippen LogP contribution in [0.1, 0.15) is 12.5 Å². The van der Waals surface area contributed by atoms with Gasteiger partial charge in [0.2, 0.25) is 0 Å². The fourth-order valence-electron chi connectivity index (χ4n) is 1.95. The Bertz CT molecular complexity index is 766. The zero-order chi connectivity index (χ0) is 17.2. The van der Waals surface area contributed by atoms with E-state index in [2.05, 4.69) is 4.40 Å². The minimum atomic E-state index is -3.85. The third-order valence-electron chi connectivity index (χ3n) is 3.10. The van der Waals surface area contributed by atoms with Crippen molar-refractivity contribution < 1.29 is 13.2 Å². The normalized spacial score (nSPS) is 19.0. The number of benzene rings is 1. The molecule has 0 N–H and O–H groups in total. The van der Waals surface area contributed by atoms with Crippen LogP contribution in [0.3, 0.4) is 0 Å². The Hall–Kier alpha value is -1.80. The fourth-order valence-corrected chi connectivity index (χ4v) is 4.26. The molecule has 0 unspecified atom stereocenters. The molecule has 1 aliphatic rings. The maximum Gasteiger partial charge on any atom is 0.284 e. The smallest absolute Gasteiger partial charge is 0.284 e. The van der Waals surface area contributed by atoms with E-state index in [-0.39, 0.29) is 16.0 Å². The van der Waals surface area contributed by atoms with E-state index in [1.165, 1.54) is 17.0 Å². The second-order valence-electron chi connectivity index (χ2n) is 5.27. The summed E-state index contributed by atoms with van der Waals surface area (Å²) in [7, 11) is -0.245. The largest absolute Gasteiger partial charge is 0.382 e. The molecule has 0 radical (unpaired) electrons. The average Bonchev–Trinajstić information content (AvgIpc) is 2.73. The van der Waals surface area contributed by atoms with Crippen molar-refractivity contribution in [2.75, 3.05) is 20.6 Å². The average molecular weight is 353 g/mol. The van der Waals surface area contributed by atoms with Gasteiger partial charge in [-0.2, -0.15) is 8.42 Å². The highest BCUT2D eigenvalue weighted by Crippen LogP contribution is 2.32. The van der Waals surface area contributed by atoms with Crippen LogP contribution in [0.2, 0.25) is 0 Å². The van der Waals surface area contributed by atoms with E-state index in [0.29, 0.717) is 11.4 Å². The minimum Gasteiger partial charge on any atom is -0.382 e. The molecule has 1 fully saturated rings. The van der Waals surface area contributed by atoms with E-state index in [0.717, 1.165) is 17.3 Å². The standard InChI is InChI=1S/C15H19N3O3S2/c1-5-18-14(19)13(10-17(3)4)22-15(18)16-23(20,21)12-8-6-11(2)7-9-12/h6-10H,5H2,1-4H3/b13-10+,16-15?. The molecule has 8 heteroatoms. The van der Waals surface area contributed by atoms with Crippen LogP contribution in [-0.2, 0) is 14.8 Å². The Morgan fingerprint density at radius 3 is 2.39 bits per heavy atom. The van der Waals surface area contributed by atoms with Gasteiger partial charge in [0, 0.05) is 26.8 Å². The third kappa shape index (κ3) is 3.94. The van der Waals surface area contributed by atoms with Gasteiger partial charge in [-0.25, -0.2) is 0 Å². The Labute approximate surface area is 140 Å². The van der Waals surface area contributed by atoms with Gasteiger partial charge in [0.15, 0.2) is 5.17 Å². The van der Waals surface area contributed by atoms with E-state index in [1.54, 1.807) is 44.3 Å². The van der Waals surface area contributed by atoms with Crippen molar-refractivity contribution in [3.8, 4) is 0 Å². The molecular weight excluding hydrogens is 334 g/mol. The predicted octanol–water partition coefficient (Wildman–Crippen LogP) is 2.04. The van der Waals surface area contributed by atoms with Crippen molar-refractivity contribution in [3.05, 3.63) is 40.9 Å². The predicted molar refractivity (Wildman–Crippen MR) is 92.5 cm³/mol. The second kappa shape index (κ2) is 6.76. The summed E-state index contributed by atoms with van der Waals surface area (Å²) < 4.78 is 28.7. The first kappa shape index (κ1) is 17.6. The molecule has 0 aliphatic carbocycles. The Morgan fingerprint density at radius 2 is 1.87 bits per heavy atom. The zero-order valence-electron chi connectivity index (χ0n) is 13.5. The Kier molecular flexibility index (Phi) is 5.16. The van der Waals surface area contributed by atoms with Crippen molar-refractivity contribution in [3.63, 3.8) is 0 Å². The number of hydrogen-bond donors (Lipinski definition) is 0. The van der Waals surface area contributed by atoms with E-state index >= 15 is 0 Å². The van der Waals surface area contributed by atoms with Gasteiger partial charge in [0.05, 0.1) is 9.80 Å². The first-order valence-electron chi connectivity index (χ1n) is 7.04. The van der Waals surface area contributed by atoms with Crippen molar-refractivity contribution in [2.24, 2.45) is 4.40 Å². The summed E-state index contributed by atoms with van der Waals surface area (Å²) in [5, 5.41) is 0.186. The number of likely N-dealkylation sites (N-methyl/N-ethyl adjacent to an activating group) is 1. The maximum absolute atomic E-state index is 12.4. The molecule has 0 aromatic heterocycles. The number of amides is 1. The van der Waals surface area contributed by atoms with Gasteiger partial charge in [0.1, 0.15) is 0 Å². The molecule has 1 saturated heterocycles. The quantitative estimate of drug-likeness (QED) is 0.775. The lowest BCUT2D eigenvalue weighted by Gasteiger charge is -2.12. The molecule has 1 aromatic rings. The molecule has 23 heavy (non-hydrogen) atoms. The summed E-state index contributed by atoms with van der Waals surface area (Å²) in [6, 6.07) is 6.47. The van der Waals surface area contributed by atoms with E-state index < -0.39 is 10.0 Å². The number of rotatable bonds is 4. The first-order valence-corrected chi connectivity index (χ1v) is 9.30. The van der Waals surface area contributed by atoms with E-state index in [4.69, 9.17) is 0 Å². The number of carbonyl (C=O) groups excluding carboxylic acids is 1. The molecule has 0 spiro atoms. The van der Waals surface area contributed by atoms with Crippen molar-refractivity contribution in [1.29, 1.82) is 0 Å². The van der Waals surface area contributed by atoms with Crippen LogP contribution < -0.4 is 0 Å². The number of amidine groups is 1. The Balaban J connectivity index is 2.41. The number of aryl methyl sites for hydroxylation is 1. The highest BCUT2D eigenvalue weighted by molar-refractivity contribution is 8.19. The van der Waals surface area contributed by atoms with Crippen LogP contribution in [0.15, 0.2) is 44.7 Å². The molecule has 0 atom stereocenters. The van der Waals surface area contributed by atoms with E-state index in [9.17, 15) is 13.2 Å². The number of sulfonamides is 1. The second-order valence-corrected chi connectivity index (χ2v) is 7.88. The first-order chi connectivity index (χ1) is 10.7. The van der Waals surface area contributed by atoms with Crippen LogP contribution >= 0.6 is 11.8 Å². The molecule has 2 rings (SSSR count). The fraction of sp³-hybridized carbons (Fsp3) is 0.333. The molecule has 0 bridgehead atoms. The van der Waals surface area contributed by atoms with Crippen LogP contribution in [0, 0.1) is 6.92 Å². The molecule has 1 heterocycles. The lowest BCUT2D eigenvalue weighted by Crippen LogP contribution is -2.29. The SMILES string of the molecule is CCN1C(=O)/C(=C\N(C)C)SC1=NS(=O)(=O)c1ccc(C)cc1. The topological polar surface area (TPSA) is 70.1 Å². The van der Waals surface area contributed by atoms with Gasteiger partial charge >= 0.3 is 0 Å². The maximum atomic E-state index is 12.4. The van der Waals surface area contributed by atoms with Crippen molar-refractivity contribution >= 4 is 32.9 Å². The molecule has 124 valence electrons. The lowest BCUT2D eigenvalue weighted by atomic mass is 10.2. The van der Waals surface area contributed by atoms with Gasteiger partial charge in [0.25, 0.3) is 15.9 Å². The molecular formula is C15H19N3O3S2. The Morgan fingerprint density at radius 1 is 1.26 bits per heavy atom.